The molecule has 0 bridgehead atoms. The number of fused-ring (bicyclic) bond motifs is 1. The first-order valence-electron chi connectivity index (χ1n) is 8.96. The van der Waals surface area contributed by atoms with E-state index in [1.807, 2.05) is 18.2 Å². The summed E-state index contributed by atoms with van der Waals surface area (Å²) in [4.78, 5) is 31.1. The molecule has 0 atom stereocenters. The number of ether oxygens (including phenoxy) is 1. The van der Waals surface area contributed by atoms with Gasteiger partial charge in [-0.25, -0.2) is 0 Å². The minimum absolute atomic E-state index is 0.0943. The third-order valence-corrected chi connectivity index (χ3v) is 4.72. The molecule has 1 aliphatic rings. The molecule has 0 fully saturated rings. The van der Waals surface area contributed by atoms with Crippen LogP contribution in [0.2, 0.25) is 0 Å². The van der Waals surface area contributed by atoms with Crippen molar-refractivity contribution in [1.82, 2.24) is 4.98 Å². The SMILES string of the molecule is COc1cccc(C(=O)Nc2ccc3c(c2)N(C(=O)c2cccnc2)CC3)c1. The molecule has 0 aliphatic carbocycles. The van der Waals surface area contributed by atoms with Crippen molar-refractivity contribution in [2.45, 2.75) is 6.42 Å². The third kappa shape index (κ3) is 3.44. The highest BCUT2D eigenvalue weighted by Gasteiger charge is 2.26. The Bertz CT molecular complexity index is 1030. The van der Waals surface area contributed by atoms with Crippen LogP contribution in [0.1, 0.15) is 26.3 Å². The number of carbonyl (C=O) groups excluding carboxylic acids is 2. The molecule has 28 heavy (non-hydrogen) atoms. The number of rotatable bonds is 4. The molecule has 0 spiro atoms. The molecule has 0 radical (unpaired) electrons. The lowest BCUT2D eigenvalue weighted by atomic mass is 10.1. The van der Waals surface area contributed by atoms with Crippen LogP contribution in [0.3, 0.4) is 0 Å². The number of pyridine rings is 1. The summed E-state index contributed by atoms with van der Waals surface area (Å²) in [5.74, 6) is 0.292. The van der Waals surface area contributed by atoms with Gasteiger partial charge < -0.3 is 15.0 Å². The van der Waals surface area contributed by atoms with Crippen LogP contribution >= 0.6 is 0 Å². The van der Waals surface area contributed by atoms with Crippen LogP contribution in [0.15, 0.2) is 67.0 Å². The molecule has 1 aliphatic heterocycles. The molecule has 4 rings (SSSR count). The number of aromatic nitrogens is 1. The molecule has 140 valence electrons. The zero-order valence-corrected chi connectivity index (χ0v) is 15.4. The van der Waals surface area contributed by atoms with Gasteiger partial charge in [-0.1, -0.05) is 12.1 Å². The molecular formula is C22H19N3O3. The van der Waals surface area contributed by atoms with Crippen LogP contribution in [-0.4, -0.2) is 30.5 Å². The van der Waals surface area contributed by atoms with Gasteiger partial charge in [0, 0.05) is 35.9 Å². The molecule has 0 saturated heterocycles. The van der Waals surface area contributed by atoms with Crippen molar-refractivity contribution in [2.24, 2.45) is 0 Å². The maximum Gasteiger partial charge on any atom is 0.259 e. The molecular weight excluding hydrogens is 354 g/mol. The van der Waals surface area contributed by atoms with Gasteiger partial charge >= 0.3 is 0 Å². The number of nitrogens with one attached hydrogen (secondary N) is 1. The van der Waals surface area contributed by atoms with Gasteiger partial charge in [-0.15, -0.1) is 0 Å². The molecule has 1 N–H and O–H groups in total. The van der Waals surface area contributed by atoms with Gasteiger partial charge in [0.2, 0.25) is 0 Å². The summed E-state index contributed by atoms with van der Waals surface area (Å²) in [6.45, 7) is 0.607. The minimum Gasteiger partial charge on any atom is -0.497 e. The molecule has 6 heteroatoms. The number of hydrogen-bond donors (Lipinski definition) is 1. The quantitative estimate of drug-likeness (QED) is 0.759. The number of nitrogens with zero attached hydrogens (tertiary/aromatic N) is 2. The minimum atomic E-state index is -0.234. The summed E-state index contributed by atoms with van der Waals surface area (Å²) >= 11 is 0. The third-order valence-electron chi connectivity index (χ3n) is 4.72. The maximum absolute atomic E-state index is 12.8. The van der Waals surface area contributed by atoms with E-state index in [2.05, 4.69) is 10.3 Å². The summed E-state index contributed by atoms with van der Waals surface area (Å²) < 4.78 is 5.17. The van der Waals surface area contributed by atoms with Gasteiger partial charge in [0.1, 0.15) is 5.75 Å². The van der Waals surface area contributed by atoms with E-state index in [1.54, 1.807) is 60.8 Å². The smallest absolute Gasteiger partial charge is 0.259 e. The van der Waals surface area contributed by atoms with Gasteiger partial charge in [0.05, 0.1) is 12.7 Å². The predicted octanol–water partition coefficient (Wildman–Crippen LogP) is 3.55. The van der Waals surface area contributed by atoms with E-state index in [9.17, 15) is 9.59 Å². The monoisotopic (exact) mass is 373 g/mol. The van der Waals surface area contributed by atoms with Gasteiger partial charge in [0.15, 0.2) is 0 Å². The fourth-order valence-electron chi connectivity index (χ4n) is 3.28. The largest absolute Gasteiger partial charge is 0.497 e. The number of methoxy groups -OCH3 is 1. The Morgan fingerprint density at radius 3 is 2.71 bits per heavy atom. The summed E-state index contributed by atoms with van der Waals surface area (Å²) in [6.07, 6.45) is 3.99. The lowest BCUT2D eigenvalue weighted by Gasteiger charge is -2.18. The van der Waals surface area contributed by atoms with Crippen molar-refractivity contribution >= 4 is 23.2 Å². The highest BCUT2D eigenvalue weighted by atomic mass is 16.5. The Labute approximate surface area is 162 Å². The second kappa shape index (κ2) is 7.52. The van der Waals surface area contributed by atoms with Crippen molar-refractivity contribution in [3.63, 3.8) is 0 Å². The Morgan fingerprint density at radius 1 is 1.07 bits per heavy atom. The molecule has 2 aromatic carbocycles. The number of carbonyl (C=O) groups is 2. The fraction of sp³-hybridized carbons (Fsp3) is 0.136. The summed E-state index contributed by atoms with van der Waals surface area (Å²) in [6, 6.07) is 16.1. The van der Waals surface area contributed by atoms with Crippen LogP contribution < -0.4 is 15.0 Å². The van der Waals surface area contributed by atoms with Crippen molar-refractivity contribution in [3.8, 4) is 5.75 Å². The summed E-state index contributed by atoms with van der Waals surface area (Å²) in [5, 5.41) is 2.89. The first-order valence-corrected chi connectivity index (χ1v) is 8.96. The molecule has 2 amide bonds. The molecule has 0 saturated carbocycles. The summed E-state index contributed by atoms with van der Waals surface area (Å²) in [7, 11) is 1.56. The highest BCUT2D eigenvalue weighted by molar-refractivity contribution is 6.08. The number of benzene rings is 2. The van der Waals surface area contributed by atoms with Crippen molar-refractivity contribution in [2.75, 3.05) is 23.9 Å². The van der Waals surface area contributed by atoms with E-state index in [0.29, 0.717) is 29.1 Å². The lowest BCUT2D eigenvalue weighted by Crippen LogP contribution is -2.29. The lowest BCUT2D eigenvalue weighted by molar-refractivity contribution is 0.0987. The van der Waals surface area contributed by atoms with E-state index in [4.69, 9.17) is 4.74 Å². The summed E-state index contributed by atoms with van der Waals surface area (Å²) in [5.41, 5.74) is 3.58. The predicted molar refractivity (Wildman–Crippen MR) is 107 cm³/mol. The van der Waals surface area contributed by atoms with Gasteiger partial charge in [-0.2, -0.15) is 0 Å². The average molecular weight is 373 g/mol. The molecule has 6 nitrogen and oxygen atoms in total. The standard InChI is InChI=1S/C22H19N3O3/c1-28-19-6-2-4-16(12-19)21(26)24-18-8-7-15-9-11-25(20(15)13-18)22(27)17-5-3-10-23-14-17/h2-8,10,12-14H,9,11H2,1H3,(H,24,26). The normalized spacial score (nSPS) is 12.4. The van der Waals surface area contributed by atoms with E-state index >= 15 is 0 Å². The van der Waals surface area contributed by atoms with Crippen molar-refractivity contribution < 1.29 is 14.3 Å². The Kier molecular flexibility index (Phi) is 4.76. The number of amides is 2. The van der Waals surface area contributed by atoms with Crippen molar-refractivity contribution in [3.05, 3.63) is 83.7 Å². The van der Waals surface area contributed by atoms with Gasteiger partial charge in [-0.3, -0.25) is 14.6 Å². The fourth-order valence-corrected chi connectivity index (χ4v) is 3.28. The van der Waals surface area contributed by atoms with Crippen LogP contribution in [-0.2, 0) is 6.42 Å². The van der Waals surface area contributed by atoms with E-state index in [1.165, 1.54) is 0 Å². The second-order valence-corrected chi connectivity index (χ2v) is 6.48. The molecule has 1 aromatic heterocycles. The molecule has 2 heterocycles. The average Bonchev–Trinajstić information content (AvgIpc) is 3.17. The number of hydrogen-bond acceptors (Lipinski definition) is 4. The van der Waals surface area contributed by atoms with Gasteiger partial charge in [-0.05, 0) is 54.4 Å². The maximum atomic E-state index is 12.8. The highest BCUT2D eigenvalue weighted by Crippen LogP contribution is 2.32. The van der Waals surface area contributed by atoms with E-state index in [0.717, 1.165) is 17.7 Å². The second-order valence-electron chi connectivity index (χ2n) is 6.48. The van der Waals surface area contributed by atoms with Crippen LogP contribution in [0.25, 0.3) is 0 Å². The molecule has 0 unspecified atom stereocenters. The van der Waals surface area contributed by atoms with Crippen molar-refractivity contribution in [1.29, 1.82) is 0 Å². The Balaban J connectivity index is 1.57. The first-order chi connectivity index (χ1) is 13.7. The van der Waals surface area contributed by atoms with Crippen LogP contribution in [0.5, 0.6) is 5.75 Å². The zero-order chi connectivity index (χ0) is 19.5. The van der Waals surface area contributed by atoms with E-state index in [-0.39, 0.29) is 11.8 Å². The molecule has 3 aromatic rings. The Hall–Kier alpha value is -3.67. The van der Waals surface area contributed by atoms with E-state index < -0.39 is 0 Å². The van der Waals surface area contributed by atoms with Crippen LogP contribution in [0, 0.1) is 0 Å². The Morgan fingerprint density at radius 2 is 1.93 bits per heavy atom. The first kappa shape index (κ1) is 17.7. The van der Waals surface area contributed by atoms with Gasteiger partial charge in [0.25, 0.3) is 11.8 Å². The zero-order valence-electron chi connectivity index (χ0n) is 15.4. The topological polar surface area (TPSA) is 71.5 Å². The van der Waals surface area contributed by atoms with Crippen LogP contribution in [0.4, 0.5) is 11.4 Å². The number of anilines is 2.